The van der Waals surface area contributed by atoms with Crippen molar-refractivity contribution < 1.29 is 17.9 Å². The first-order valence-electron chi connectivity index (χ1n) is 9.17. The van der Waals surface area contributed by atoms with Crippen molar-refractivity contribution in [2.45, 2.75) is 25.2 Å². The minimum absolute atomic E-state index is 0.108. The molecule has 152 valence electrons. The highest BCUT2D eigenvalue weighted by Gasteiger charge is 2.34. The molecule has 1 heterocycles. The van der Waals surface area contributed by atoms with Gasteiger partial charge in [0, 0.05) is 6.54 Å². The maximum Gasteiger partial charge on any atom is 0.284 e. The summed E-state index contributed by atoms with van der Waals surface area (Å²) in [6.45, 7) is 4.11. The van der Waals surface area contributed by atoms with E-state index in [0.29, 0.717) is 17.2 Å². The lowest BCUT2D eigenvalue weighted by Gasteiger charge is -2.12. The van der Waals surface area contributed by atoms with E-state index >= 15 is 0 Å². The molecule has 2 aromatic carbocycles. The molecule has 8 heteroatoms. The Hall–Kier alpha value is -2.58. The van der Waals surface area contributed by atoms with E-state index in [2.05, 4.69) is 4.40 Å². The Morgan fingerprint density at radius 3 is 2.48 bits per heavy atom. The molecule has 1 amide bonds. The molecule has 29 heavy (non-hydrogen) atoms. The van der Waals surface area contributed by atoms with Crippen LogP contribution in [0.1, 0.15) is 25.0 Å². The fraction of sp³-hybridized carbons (Fsp3) is 0.238. The molecule has 2 aromatic rings. The van der Waals surface area contributed by atoms with Crippen molar-refractivity contribution in [3.05, 3.63) is 64.6 Å². The third kappa shape index (κ3) is 4.71. The zero-order chi connectivity index (χ0) is 21.0. The maximum absolute atomic E-state index is 12.7. The zero-order valence-corrected chi connectivity index (χ0v) is 18.1. The van der Waals surface area contributed by atoms with E-state index in [0.717, 1.165) is 29.3 Å². The number of rotatable bonds is 6. The Kier molecular flexibility index (Phi) is 6.44. The summed E-state index contributed by atoms with van der Waals surface area (Å²) >= 11 is 1.06. The Balaban J connectivity index is 1.94. The molecule has 0 radical (unpaired) electrons. The number of carbonyl (C=O) groups is 1. The average Bonchev–Trinajstić information content (AvgIpc) is 3.01. The van der Waals surface area contributed by atoms with Gasteiger partial charge in [0.25, 0.3) is 15.9 Å². The zero-order valence-electron chi connectivity index (χ0n) is 16.5. The number of thioether (sulfide) groups is 1. The monoisotopic (exact) mass is 430 g/mol. The molecule has 0 unspecified atom stereocenters. The molecule has 0 aromatic heterocycles. The Labute approximate surface area is 175 Å². The summed E-state index contributed by atoms with van der Waals surface area (Å²) in [6.07, 6.45) is 2.53. The van der Waals surface area contributed by atoms with Crippen molar-refractivity contribution in [1.82, 2.24) is 4.90 Å². The van der Waals surface area contributed by atoms with Gasteiger partial charge in [0.2, 0.25) is 0 Å². The largest absolute Gasteiger partial charge is 0.497 e. The van der Waals surface area contributed by atoms with Gasteiger partial charge in [-0.2, -0.15) is 8.42 Å². The number of amides is 1. The highest BCUT2D eigenvalue weighted by Crippen LogP contribution is 2.34. The molecular formula is C21H22N2O4S2. The minimum Gasteiger partial charge on any atom is -0.497 e. The molecule has 6 nitrogen and oxygen atoms in total. The van der Waals surface area contributed by atoms with Gasteiger partial charge in [-0.3, -0.25) is 9.69 Å². The van der Waals surface area contributed by atoms with Crippen LogP contribution in [0.15, 0.2) is 62.7 Å². The number of nitrogens with zero attached hydrogens (tertiary/aromatic N) is 2. The first kappa shape index (κ1) is 21.1. The van der Waals surface area contributed by atoms with Gasteiger partial charge in [0.15, 0.2) is 5.17 Å². The van der Waals surface area contributed by atoms with E-state index < -0.39 is 10.0 Å². The Morgan fingerprint density at radius 1 is 1.14 bits per heavy atom. The van der Waals surface area contributed by atoms with Crippen molar-refractivity contribution in [2.75, 3.05) is 13.7 Å². The minimum atomic E-state index is -3.92. The standard InChI is InChI=1S/C21H22N2O4S2/c1-4-15-9-11-18(12-10-15)29(25,26)22-21-23(5-2)20(24)19(28-21)14-16-7-6-8-17(13-16)27-3/h6-14H,4-5H2,1-3H3/b19-14-,22-21+. The highest BCUT2D eigenvalue weighted by molar-refractivity contribution is 8.19. The number of ether oxygens (including phenoxy) is 1. The molecular weight excluding hydrogens is 408 g/mol. The lowest BCUT2D eigenvalue weighted by molar-refractivity contribution is -0.122. The van der Waals surface area contributed by atoms with Gasteiger partial charge in [-0.1, -0.05) is 31.2 Å². The highest BCUT2D eigenvalue weighted by atomic mass is 32.2. The third-order valence-corrected chi connectivity index (χ3v) is 6.83. The number of carbonyl (C=O) groups excluding carboxylic acids is 1. The summed E-state index contributed by atoms with van der Waals surface area (Å²) in [4.78, 5) is 14.6. The summed E-state index contributed by atoms with van der Waals surface area (Å²) in [7, 11) is -2.34. The number of hydrogen-bond donors (Lipinski definition) is 0. The molecule has 1 fully saturated rings. The molecule has 0 spiro atoms. The summed E-state index contributed by atoms with van der Waals surface area (Å²) in [5, 5.41) is 0.159. The van der Waals surface area contributed by atoms with Crippen LogP contribution in [0, 0.1) is 0 Å². The van der Waals surface area contributed by atoms with E-state index in [4.69, 9.17) is 4.74 Å². The van der Waals surface area contributed by atoms with Crippen LogP contribution < -0.4 is 4.74 Å². The van der Waals surface area contributed by atoms with E-state index in [1.54, 1.807) is 50.4 Å². The summed E-state index contributed by atoms with van der Waals surface area (Å²) in [6, 6.07) is 13.9. The second-order valence-corrected chi connectivity index (χ2v) is 8.90. The topological polar surface area (TPSA) is 76.0 Å². The predicted octanol–water partition coefficient (Wildman–Crippen LogP) is 3.94. The van der Waals surface area contributed by atoms with Gasteiger partial charge in [0.05, 0.1) is 16.9 Å². The number of sulfonamides is 1. The van der Waals surface area contributed by atoms with E-state index in [1.165, 1.54) is 4.90 Å². The summed E-state index contributed by atoms with van der Waals surface area (Å²) in [5.41, 5.74) is 1.83. The quantitative estimate of drug-likeness (QED) is 0.649. The first-order chi connectivity index (χ1) is 13.9. The van der Waals surface area contributed by atoms with Crippen molar-refractivity contribution >= 4 is 38.9 Å². The predicted molar refractivity (Wildman–Crippen MR) is 116 cm³/mol. The second kappa shape index (κ2) is 8.84. The fourth-order valence-corrected chi connectivity index (χ4v) is 5.03. The van der Waals surface area contributed by atoms with Crippen LogP contribution in [0.4, 0.5) is 0 Å². The Bertz CT molecular complexity index is 1070. The molecule has 0 bridgehead atoms. The van der Waals surface area contributed by atoms with Crippen LogP contribution in [0.3, 0.4) is 0 Å². The van der Waals surface area contributed by atoms with Crippen LogP contribution in [0.2, 0.25) is 0 Å². The van der Waals surface area contributed by atoms with Crippen molar-refractivity contribution in [3.63, 3.8) is 0 Å². The van der Waals surface area contributed by atoms with E-state index in [-0.39, 0.29) is 16.0 Å². The van der Waals surface area contributed by atoms with Gasteiger partial charge in [-0.15, -0.1) is 4.40 Å². The molecule has 1 saturated heterocycles. The summed E-state index contributed by atoms with van der Waals surface area (Å²) < 4.78 is 34.6. The normalized spacial score (nSPS) is 17.3. The third-order valence-electron chi connectivity index (χ3n) is 4.42. The van der Waals surface area contributed by atoms with Crippen molar-refractivity contribution in [3.8, 4) is 5.75 Å². The summed E-state index contributed by atoms with van der Waals surface area (Å²) in [5.74, 6) is 0.407. The Morgan fingerprint density at radius 2 is 1.86 bits per heavy atom. The smallest absolute Gasteiger partial charge is 0.284 e. The molecule has 0 saturated carbocycles. The van der Waals surface area contributed by atoms with Crippen molar-refractivity contribution in [1.29, 1.82) is 0 Å². The fourth-order valence-electron chi connectivity index (χ4n) is 2.79. The van der Waals surface area contributed by atoms with Crippen LogP contribution in [0.5, 0.6) is 5.75 Å². The number of hydrogen-bond acceptors (Lipinski definition) is 5. The number of likely N-dealkylation sites (N-methyl/N-ethyl adjacent to an activating group) is 1. The molecule has 0 atom stereocenters. The molecule has 1 aliphatic rings. The SMILES string of the molecule is CCc1ccc(S(=O)(=O)/N=C2/S/C(=C\c3cccc(OC)c3)C(=O)N2CC)cc1. The van der Waals surface area contributed by atoms with Crippen LogP contribution in [-0.2, 0) is 21.2 Å². The maximum atomic E-state index is 12.7. The van der Waals surface area contributed by atoms with Gasteiger partial charge in [-0.25, -0.2) is 0 Å². The van der Waals surface area contributed by atoms with E-state index in [1.807, 2.05) is 25.1 Å². The lowest BCUT2D eigenvalue weighted by Crippen LogP contribution is -2.29. The number of methoxy groups -OCH3 is 1. The number of aryl methyl sites for hydroxylation is 1. The van der Waals surface area contributed by atoms with Crippen LogP contribution >= 0.6 is 11.8 Å². The number of benzene rings is 2. The van der Waals surface area contributed by atoms with Crippen LogP contribution in [0.25, 0.3) is 6.08 Å². The molecule has 3 rings (SSSR count). The second-order valence-electron chi connectivity index (χ2n) is 6.28. The molecule has 0 aliphatic carbocycles. The van der Waals surface area contributed by atoms with Gasteiger partial charge < -0.3 is 4.74 Å². The molecule has 1 aliphatic heterocycles. The van der Waals surface area contributed by atoms with Crippen LogP contribution in [-0.4, -0.2) is 38.0 Å². The van der Waals surface area contributed by atoms with Gasteiger partial charge in [-0.05, 0) is 66.6 Å². The van der Waals surface area contributed by atoms with Crippen molar-refractivity contribution in [2.24, 2.45) is 4.40 Å². The van der Waals surface area contributed by atoms with E-state index in [9.17, 15) is 13.2 Å². The average molecular weight is 431 g/mol. The van der Waals surface area contributed by atoms with Gasteiger partial charge in [0.1, 0.15) is 5.75 Å². The lowest BCUT2D eigenvalue weighted by atomic mass is 10.2. The van der Waals surface area contributed by atoms with Gasteiger partial charge >= 0.3 is 0 Å². The molecule has 0 N–H and O–H groups in total. The first-order valence-corrected chi connectivity index (χ1v) is 11.4. The number of amidine groups is 1.